The molecule has 0 atom stereocenters. The summed E-state index contributed by atoms with van der Waals surface area (Å²) in [6, 6.07) is 4.71. The molecule has 0 bridgehead atoms. The number of fused-ring (bicyclic) bond motifs is 1. The van der Waals surface area contributed by atoms with Gasteiger partial charge in [0, 0.05) is 12.8 Å². The fourth-order valence-corrected chi connectivity index (χ4v) is 3.58. The van der Waals surface area contributed by atoms with Crippen molar-refractivity contribution < 1.29 is 13.0 Å². The first-order valence-corrected chi connectivity index (χ1v) is 7.67. The van der Waals surface area contributed by atoms with Crippen LogP contribution in [0.4, 0.5) is 0 Å². The second-order valence-corrected chi connectivity index (χ2v) is 6.54. The van der Waals surface area contributed by atoms with Crippen LogP contribution in [-0.2, 0) is 17.2 Å². The monoisotopic (exact) mass is 299 g/mol. The quantitative estimate of drug-likeness (QED) is 0.521. The molecule has 1 heterocycles. The van der Waals surface area contributed by atoms with Gasteiger partial charge in [-0.3, -0.25) is 4.55 Å². The van der Waals surface area contributed by atoms with Gasteiger partial charge in [0.2, 0.25) is 4.80 Å². The zero-order valence-corrected chi connectivity index (χ0v) is 12.3. The lowest BCUT2D eigenvalue weighted by Gasteiger charge is -1.98. The SMILES string of the molecule is CC(C)=NN=c1sc2c(S(=O)(=O)O)cccc2n1C. The highest BCUT2D eigenvalue weighted by molar-refractivity contribution is 7.86. The minimum atomic E-state index is -4.24. The highest BCUT2D eigenvalue weighted by Gasteiger charge is 2.16. The number of aryl methyl sites for hydroxylation is 1. The molecule has 0 saturated heterocycles. The smallest absolute Gasteiger partial charge is 0.296 e. The van der Waals surface area contributed by atoms with Crippen molar-refractivity contribution in [2.45, 2.75) is 18.7 Å². The van der Waals surface area contributed by atoms with Gasteiger partial charge in [0.15, 0.2) is 0 Å². The first-order valence-electron chi connectivity index (χ1n) is 5.41. The lowest BCUT2D eigenvalue weighted by atomic mass is 10.3. The Labute approximate surface area is 114 Å². The normalized spacial score (nSPS) is 12.9. The second-order valence-electron chi connectivity index (χ2n) is 4.17. The predicted octanol–water partition coefficient (Wildman–Crippen LogP) is 1.78. The van der Waals surface area contributed by atoms with E-state index in [-0.39, 0.29) is 4.90 Å². The topological polar surface area (TPSA) is 84.0 Å². The summed E-state index contributed by atoms with van der Waals surface area (Å²) in [5.74, 6) is 0. The van der Waals surface area contributed by atoms with E-state index in [2.05, 4.69) is 10.2 Å². The molecule has 0 fully saturated rings. The molecule has 2 rings (SSSR count). The second kappa shape index (κ2) is 4.87. The molecule has 0 aliphatic carbocycles. The van der Waals surface area contributed by atoms with Crippen molar-refractivity contribution in [3.8, 4) is 0 Å². The summed E-state index contributed by atoms with van der Waals surface area (Å²) in [5, 5.41) is 8.02. The number of benzene rings is 1. The summed E-state index contributed by atoms with van der Waals surface area (Å²) in [5.41, 5.74) is 1.48. The van der Waals surface area contributed by atoms with E-state index in [1.165, 1.54) is 17.4 Å². The molecule has 0 spiro atoms. The summed E-state index contributed by atoms with van der Waals surface area (Å²) in [4.78, 5) is 0.455. The van der Waals surface area contributed by atoms with Crippen molar-refractivity contribution in [3.05, 3.63) is 23.0 Å². The van der Waals surface area contributed by atoms with Crippen LogP contribution in [0.15, 0.2) is 33.3 Å². The highest BCUT2D eigenvalue weighted by Crippen LogP contribution is 2.24. The summed E-state index contributed by atoms with van der Waals surface area (Å²) < 4.78 is 34.1. The van der Waals surface area contributed by atoms with Gasteiger partial charge in [-0.1, -0.05) is 17.4 Å². The van der Waals surface area contributed by atoms with Gasteiger partial charge in [0.05, 0.1) is 10.2 Å². The molecule has 6 nitrogen and oxygen atoms in total. The molecule has 1 N–H and O–H groups in total. The molecule has 102 valence electrons. The molecule has 0 radical (unpaired) electrons. The van der Waals surface area contributed by atoms with E-state index in [4.69, 9.17) is 0 Å². The minimum Gasteiger partial charge on any atom is -0.318 e. The molecule has 1 aromatic heterocycles. The fourth-order valence-electron chi connectivity index (χ4n) is 1.57. The standard InChI is InChI=1S/C11H13N3O3S2/c1-7(2)12-13-11-14(3)8-5-4-6-9(10(8)18-11)19(15,16)17/h4-6H,1-3H3,(H,15,16,17). The Bertz CT molecular complexity index is 824. The van der Waals surface area contributed by atoms with Crippen molar-refractivity contribution in [3.63, 3.8) is 0 Å². The van der Waals surface area contributed by atoms with Gasteiger partial charge < -0.3 is 4.57 Å². The Morgan fingerprint density at radius 2 is 2.05 bits per heavy atom. The van der Waals surface area contributed by atoms with Crippen LogP contribution < -0.4 is 4.80 Å². The third-order valence-electron chi connectivity index (χ3n) is 2.41. The Hall–Kier alpha value is -1.51. The zero-order chi connectivity index (χ0) is 14.2. The third kappa shape index (κ3) is 2.75. The number of hydrogen-bond donors (Lipinski definition) is 1. The van der Waals surface area contributed by atoms with Gasteiger partial charge in [0.1, 0.15) is 4.90 Å². The van der Waals surface area contributed by atoms with Crippen LogP contribution >= 0.6 is 11.3 Å². The van der Waals surface area contributed by atoms with Crippen LogP contribution in [0, 0.1) is 0 Å². The first kappa shape index (κ1) is 13.9. The molecule has 2 aromatic rings. The number of nitrogens with zero attached hydrogens (tertiary/aromatic N) is 3. The van der Waals surface area contributed by atoms with Crippen LogP contribution in [0.3, 0.4) is 0 Å². The van der Waals surface area contributed by atoms with E-state index >= 15 is 0 Å². The van der Waals surface area contributed by atoms with E-state index in [9.17, 15) is 13.0 Å². The molecule has 0 aliphatic rings. The molecule has 0 saturated carbocycles. The molecular formula is C11H13N3O3S2. The predicted molar refractivity (Wildman–Crippen MR) is 75.0 cm³/mol. The maximum absolute atomic E-state index is 11.3. The van der Waals surface area contributed by atoms with Crippen LogP contribution in [0.1, 0.15) is 13.8 Å². The zero-order valence-electron chi connectivity index (χ0n) is 10.7. The van der Waals surface area contributed by atoms with Crippen LogP contribution in [-0.4, -0.2) is 23.2 Å². The van der Waals surface area contributed by atoms with E-state index in [1.807, 2.05) is 13.8 Å². The molecular weight excluding hydrogens is 286 g/mol. The van der Waals surface area contributed by atoms with E-state index in [0.717, 1.165) is 5.71 Å². The molecule has 8 heteroatoms. The molecule has 1 aromatic carbocycles. The van der Waals surface area contributed by atoms with E-state index < -0.39 is 10.1 Å². The Morgan fingerprint density at radius 3 is 2.63 bits per heavy atom. The Kier molecular flexibility index (Phi) is 3.57. The number of hydrogen-bond acceptors (Lipinski definition) is 5. The number of rotatable bonds is 2. The van der Waals surface area contributed by atoms with Crippen LogP contribution in [0.25, 0.3) is 10.2 Å². The summed E-state index contributed by atoms with van der Waals surface area (Å²) >= 11 is 1.17. The maximum atomic E-state index is 11.3. The maximum Gasteiger partial charge on any atom is 0.296 e. The van der Waals surface area contributed by atoms with Gasteiger partial charge in [-0.25, -0.2) is 0 Å². The molecule has 0 aliphatic heterocycles. The van der Waals surface area contributed by atoms with Crippen molar-refractivity contribution in [2.24, 2.45) is 17.3 Å². The average molecular weight is 299 g/mol. The lowest BCUT2D eigenvalue weighted by Crippen LogP contribution is -2.09. The minimum absolute atomic E-state index is 0.107. The molecule has 19 heavy (non-hydrogen) atoms. The van der Waals surface area contributed by atoms with Crippen molar-refractivity contribution in [2.75, 3.05) is 0 Å². The lowest BCUT2D eigenvalue weighted by molar-refractivity contribution is 0.484. The summed E-state index contributed by atoms with van der Waals surface area (Å²) in [6.07, 6.45) is 0. The Morgan fingerprint density at radius 1 is 1.37 bits per heavy atom. The average Bonchev–Trinajstić information content (AvgIpc) is 2.62. The highest BCUT2D eigenvalue weighted by atomic mass is 32.2. The largest absolute Gasteiger partial charge is 0.318 e. The van der Waals surface area contributed by atoms with Gasteiger partial charge in [0.25, 0.3) is 10.1 Å². The van der Waals surface area contributed by atoms with Crippen LogP contribution in [0.2, 0.25) is 0 Å². The van der Waals surface area contributed by atoms with E-state index in [0.29, 0.717) is 15.0 Å². The summed E-state index contributed by atoms with van der Waals surface area (Å²) in [7, 11) is -2.47. The van der Waals surface area contributed by atoms with Gasteiger partial charge in [-0.2, -0.15) is 13.5 Å². The van der Waals surface area contributed by atoms with Crippen molar-refractivity contribution >= 4 is 37.4 Å². The molecule has 0 unspecified atom stereocenters. The van der Waals surface area contributed by atoms with Gasteiger partial charge in [-0.05, 0) is 26.0 Å². The van der Waals surface area contributed by atoms with E-state index in [1.54, 1.807) is 23.7 Å². The molecule has 0 amide bonds. The first-order chi connectivity index (χ1) is 8.80. The third-order valence-corrected chi connectivity index (χ3v) is 4.61. The fraction of sp³-hybridized carbons (Fsp3) is 0.273. The van der Waals surface area contributed by atoms with Gasteiger partial charge >= 0.3 is 0 Å². The van der Waals surface area contributed by atoms with Crippen LogP contribution in [0.5, 0.6) is 0 Å². The van der Waals surface area contributed by atoms with Crippen molar-refractivity contribution in [1.29, 1.82) is 0 Å². The number of thiazole rings is 1. The van der Waals surface area contributed by atoms with Crippen molar-refractivity contribution in [1.82, 2.24) is 4.57 Å². The Balaban J connectivity index is 2.85. The summed E-state index contributed by atoms with van der Waals surface area (Å²) in [6.45, 7) is 3.64. The van der Waals surface area contributed by atoms with Gasteiger partial charge in [-0.15, -0.1) is 5.10 Å². The number of aromatic nitrogens is 1.